The first-order valence-electron chi connectivity index (χ1n) is 8.36. The minimum Gasteiger partial charge on any atom is -0.449 e. The summed E-state index contributed by atoms with van der Waals surface area (Å²) >= 11 is 0. The number of esters is 1. The molecule has 0 aliphatic heterocycles. The van der Waals surface area contributed by atoms with Gasteiger partial charge in [-0.15, -0.1) is 0 Å². The monoisotopic (exact) mass is 339 g/mol. The molecule has 0 radical (unpaired) electrons. The van der Waals surface area contributed by atoms with Gasteiger partial charge in [-0.2, -0.15) is 0 Å². The molecular weight excluding hydrogens is 314 g/mol. The number of carbonyl (C=O) groups is 2. The molecule has 1 N–H and O–H groups in total. The average Bonchev–Trinajstić information content (AvgIpc) is 2.56. The van der Waals surface area contributed by atoms with E-state index >= 15 is 0 Å². The van der Waals surface area contributed by atoms with Gasteiger partial charge in [0.25, 0.3) is 5.91 Å². The molecule has 0 aliphatic carbocycles. The number of rotatable bonds is 4. The molecule has 1 atom stereocenters. The third kappa shape index (κ3) is 5.18. The van der Waals surface area contributed by atoms with Crippen LogP contribution < -0.4 is 5.32 Å². The molecule has 0 aliphatic rings. The van der Waals surface area contributed by atoms with Crippen molar-refractivity contribution in [2.24, 2.45) is 0 Å². The van der Waals surface area contributed by atoms with Crippen molar-refractivity contribution >= 4 is 17.6 Å². The van der Waals surface area contributed by atoms with Crippen LogP contribution in [0.15, 0.2) is 48.5 Å². The van der Waals surface area contributed by atoms with Crippen LogP contribution in [0.5, 0.6) is 0 Å². The van der Waals surface area contributed by atoms with Crippen molar-refractivity contribution in [1.29, 1.82) is 0 Å². The largest absolute Gasteiger partial charge is 0.449 e. The number of aryl methyl sites for hydroxylation is 1. The molecule has 0 bridgehead atoms. The standard InChI is InChI=1S/C21H25NO3/c1-14-6-12-18(13-7-14)22-19(23)15(2)25-20(24)16-8-10-17(11-9-16)21(3,4)5/h6-13,15H,1-5H3,(H,22,23). The summed E-state index contributed by atoms with van der Waals surface area (Å²) < 4.78 is 5.27. The molecule has 132 valence electrons. The van der Waals surface area contributed by atoms with Crippen LogP contribution in [-0.4, -0.2) is 18.0 Å². The van der Waals surface area contributed by atoms with Crippen LogP contribution in [-0.2, 0) is 14.9 Å². The molecule has 4 heteroatoms. The number of hydrogen-bond donors (Lipinski definition) is 1. The third-order valence-corrected chi connectivity index (χ3v) is 3.96. The number of nitrogens with one attached hydrogen (secondary N) is 1. The molecule has 0 fully saturated rings. The smallest absolute Gasteiger partial charge is 0.338 e. The zero-order chi connectivity index (χ0) is 18.6. The van der Waals surface area contributed by atoms with E-state index in [0.29, 0.717) is 11.3 Å². The zero-order valence-corrected chi connectivity index (χ0v) is 15.4. The molecule has 0 heterocycles. The summed E-state index contributed by atoms with van der Waals surface area (Å²) in [4.78, 5) is 24.4. The first-order valence-corrected chi connectivity index (χ1v) is 8.36. The molecule has 2 rings (SSSR count). The van der Waals surface area contributed by atoms with E-state index in [4.69, 9.17) is 4.74 Å². The van der Waals surface area contributed by atoms with E-state index in [1.54, 1.807) is 19.1 Å². The van der Waals surface area contributed by atoms with Crippen molar-refractivity contribution in [3.63, 3.8) is 0 Å². The minimum atomic E-state index is -0.879. The highest BCUT2D eigenvalue weighted by Crippen LogP contribution is 2.22. The van der Waals surface area contributed by atoms with E-state index < -0.39 is 12.1 Å². The summed E-state index contributed by atoms with van der Waals surface area (Å²) in [6.45, 7) is 9.86. The Bertz CT molecular complexity index is 740. The Balaban J connectivity index is 1.97. The topological polar surface area (TPSA) is 55.4 Å². The van der Waals surface area contributed by atoms with Crippen molar-refractivity contribution < 1.29 is 14.3 Å². The SMILES string of the molecule is Cc1ccc(NC(=O)C(C)OC(=O)c2ccc(C(C)(C)C)cc2)cc1. The normalized spacial score (nSPS) is 12.4. The summed E-state index contributed by atoms with van der Waals surface area (Å²) in [5.41, 5.74) is 3.37. The number of anilines is 1. The summed E-state index contributed by atoms with van der Waals surface area (Å²) in [7, 11) is 0. The molecule has 0 spiro atoms. The summed E-state index contributed by atoms with van der Waals surface area (Å²) in [5.74, 6) is -0.865. The maximum Gasteiger partial charge on any atom is 0.338 e. The Morgan fingerprint density at radius 2 is 1.52 bits per heavy atom. The highest BCUT2D eigenvalue weighted by Gasteiger charge is 2.20. The molecule has 2 aromatic rings. The maximum absolute atomic E-state index is 12.2. The van der Waals surface area contributed by atoms with Gasteiger partial charge in [0.2, 0.25) is 0 Å². The Morgan fingerprint density at radius 3 is 2.04 bits per heavy atom. The number of ether oxygens (including phenoxy) is 1. The highest BCUT2D eigenvalue weighted by atomic mass is 16.5. The number of hydrogen-bond acceptors (Lipinski definition) is 3. The zero-order valence-electron chi connectivity index (χ0n) is 15.4. The summed E-state index contributed by atoms with van der Waals surface area (Å²) in [5, 5.41) is 2.74. The van der Waals surface area contributed by atoms with E-state index in [-0.39, 0.29) is 11.3 Å². The van der Waals surface area contributed by atoms with Crippen molar-refractivity contribution in [3.8, 4) is 0 Å². The van der Waals surface area contributed by atoms with E-state index in [1.165, 1.54) is 0 Å². The van der Waals surface area contributed by atoms with E-state index in [0.717, 1.165) is 11.1 Å². The van der Waals surface area contributed by atoms with Gasteiger partial charge in [0, 0.05) is 5.69 Å². The lowest BCUT2D eigenvalue weighted by Crippen LogP contribution is -2.30. The van der Waals surface area contributed by atoms with E-state index in [9.17, 15) is 9.59 Å². The van der Waals surface area contributed by atoms with Gasteiger partial charge in [-0.3, -0.25) is 4.79 Å². The van der Waals surface area contributed by atoms with Gasteiger partial charge < -0.3 is 10.1 Å². The van der Waals surface area contributed by atoms with E-state index in [1.807, 2.05) is 43.3 Å². The van der Waals surface area contributed by atoms with Gasteiger partial charge in [0.1, 0.15) is 0 Å². The lowest BCUT2D eigenvalue weighted by molar-refractivity contribution is -0.123. The van der Waals surface area contributed by atoms with Gasteiger partial charge in [0.05, 0.1) is 5.56 Å². The molecule has 4 nitrogen and oxygen atoms in total. The van der Waals surface area contributed by atoms with Gasteiger partial charge in [-0.05, 0) is 49.1 Å². The molecule has 0 aromatic heterocycles. The van der Waals surface area contributed by atoms with Crippen LogP contribution in [0.2, 0.25) is 0 Å². The summed E-state index contributed by atoms with van der Waals surface area (Å²) in [6, 6.07) is 14.7. The van der Waals surface area contributed by atoms with Gasteiger partial charge in [-0.25, -0.2) is 4.79 Å². The molecule has 0 saturated carbocycles. The summed E-state index contributed by atoms with van der Waals surface area (Å²) in [6.07, 6.45) is -0.879. The molecule has 2 aromatic carbocycles. The first kappa shape index (κ1) is 18.7. The molecule has 1 amide bonds. The first-order chi connectivity index (χ1) is 11.7. The van der Waals surface area contributed by atoms with Crippen LogP contribution in [0.3, 0.4) is 0 Å². The predicted molar refractivity (Wildman–Crippen MR) is 99.8 cm³/mol. The second-order valence-electron chi connectivity index (χ2n) is 7.23. The second-order valence-corrected chi connectivity index (χ2v) is 7.23. The van der Waals surface area contributed by atoms with Crippen LogP contribution in [0.4, 0.5) is 5.69 Å². The Morgan fingerprint density at radius 1 is 0.960 bits per heavy atom. The number of amides is 1. The fourth-order valence-electron chi connectivity index (χ4n) is 2.27. The highest BCUT2D eigenvalue weighted by molar-refractivity contribution is 5.97. The molecule has 0 saturated heterocycles. The Kier molecular flexibility index (Phi) is 5.62. The Hall–Kier alpha value is -2.62. The van der Waals surface area contributed by atoms with Crippen molar-refractivity contribution in [1.82, 2.24) is 0 Å². The molecular formula is C21H25NO3. The van der Waals surface area contributed by atoms with Crippen LogP contribution >= 0.6 is 0 Å². The quantitative estimate of drug-likeness (QED) is 0.836. The van der Waals surface area contributed by atoms with Crippen molar-refractivity contribution in [2.45, 2.75) is 46.1 Å². The molecule has 25 heavy (non-hydrogen) atoms. The minimum absolute atomic E-state index is 0.0175. The van der Waals surface area contributed by atoms with Crippen molar-refractivity contribution in [2.75, 3.05) is 5.32 Å². The van der Waals surface area contributed by atoms with E-state index in [2.05, 4.69) is 26.1 Å². The van der Waals surface area contributed by atoms with Crippen LogP contribution in [0, 0.1) is 6.92 Å². The Labute approximate surface area is 149 Å². The average molecular weight is 339 g/mol. The van der Waals surface area contributed by atoms with Gasteiger partial charge in [-0.1, -0.05) is 50.6 Å². The second kappa shape index (κ2) is 7.51. The van der Waals surface area contributed by atoms with Gasteiger partial charge >= 0.3 is 5.97 Å². The predicted octanol–water partition coefficient (Wildman–Crippen LogP) is 4.48. The number of carbonyl (C=O) groups excluding carboxylic acids is 2. The lowest BCUT2D eigenvalue weighted by Gasteiger charge is -2.19. The fraction of sp³-hybridized carbons (Fsp3) is 0.333. The fourth-order valence-corrected chi connectivity index (χ4v) is 2.27. The van der Waals surface area contributed by atoms with Crippen LogP contribution in [0.1, 0.15) is 49.2 Å². The van der Waals surface area contributed by atoms with Crippen molar-refractivity contribution in [3.05, 3.63) is 65.2 Å². The van der Waals surface area contributed by atoms with Gasteiger partial charge in [0.15, 0.2) is 6.10 Å². The lowest BCUT2D eigenvalue weighted by atomic mass is 9.87. The third-order valence-electron chi connectivity index (χ3n) is 3.96. The number of benzene rings is 2. The van der Waals surface area contributed by atoms with Crippen LogP contribution in [0.25, 0.3) is 0 Å². The molecule has 1 unspecified atom stereocenters. The maximum atomic E-state index is 12.2.